The van der Waals surface area contributed by atoms with Crippen molar-refractivity contribution in [1.82, 2.24) is 15.0 Å². The average Bonchev–Trinajstić information content (AvgIpc) is 3.06. The summed E-state index contributed by atoms with van der Waals surface area (Å²) in [5.74, 6) is 1.59. The molecule has 2 aromatic rings. The molecule has 0 saturated carbocycles. The summed E-state index contributed by atoms with van der Waals surface area (Å²) in [6.07, 6.45) is 6.11. The molecule has 2 aromatic heterocycles. The fourth-order valence-electron chi connectivity index (χ4n) is 4.21. The third-order valence-electron chi connectivity index (χ3n) is 5.41. The molecule has 132 valence electrons. The van der Waals surface area contributed by atoms with Crippen LogP contribution in [-0.2, 0) is 11.2 Å². The molecule has 6 heteroatoms. The van der Waals surface area contributed by atoms with Gasteiger partial charge in [0.2, 0.25) is 11.8 Å². The Morgan fingerprint density at radius 1 is 1.28 bits per heavy atom. The van der Waals surface area contributed by atoms with Crippen molar-refractivity contribution in [2.45, 2.75) is 64.1 Å². The number of hydrogen-bond acceptors (Lipinski definition) is 5. The van der Waals surface area contributed by atoms with Gasteiger partial charge in [-0.25, -0.2) is 4.98 Å². The summed E-state index contributed by atoms with van der Waals surface area (Å²) in [5.41, 5.74) is 1.74. The van der Waals surface area contributed by atoms with Gasteiger partial charge in [0.25, 0.3) is 0 Å². The van der Waals surface area contributed by atoms with Gasteiger partial charge >= 0.3 is 0 Å². The first-order valence-corrected chi connectivity index (χ1v) is 8.92. The maximum absolute atomic E-state index is 12.9. The Morgan fingerprint density at radius 2 is 2.04 bits per heavy atom. The molecule has 2 fully saturated rings. The van der Waals surface area contributed by atoms with Gasteiger partial charge in [0.1, 0.15) is 11.9 Å². The molecule has 2 aliphatic heterocycles. The van der Waals surface area contributed by atoms with Crippen molar-refractivity contribution < 1.29 is 14.1 Å². The van der Waals surface area contributed by atoms with Gasteiger partial charge in [-0.1, -0.05) is 11.2 Å². The minimum absolute atomic E-state index is 0.135. The fraction of sp³-hybridized carbons (Fsp3) is 0.526. The smallest absolute Gasteiger partial charge is 0.227 e. The maximum Gasteiger partial charge on any atom is 0.227 e. The van der Waals surface area contributed by atoms with Gasteiger partial charge in [0.05, 0.1) is 12.1 Å². The number of aromatic nitrogens is 2. The first-order chi connectivity index (χ1) is 12.1. The Kier molecular flexibility index (Phi) is 4.19. The molecule has 0 aromatic carbocycles. The minimum Gasteiger partial charge on any atom is -0.474 e. The van der Waals surface area contributed by atoms with Gasteiger partial charge in [-0.2, -0.15) is 0 Å². The number of nitrogens with zero attached hydrogens (tertiary/aromatic N) is 3. The highest BCUT2D eigenvalue weighted by molar-refractivity contribution is 5.80. The van der Waals surface area contributed by atoms with E-state index in [1.165, 1.54) is 0 Å². The lowest BCUT2D eigenvalue weighted by atomic mass is 9.98. The molecule has 2 unspecified atom stereocenters. The number of carbonyl (C=O) groups excluding carboxylic acids is 1. The van der Waals surface area contributed by atoms with Crippen molar-refractivity contribution in [3.05, 3.63) is 41.4 Å². The van der Waals surface area contributed by atoms with Crippen LogP contribution in [0.3, 0.4) is 0 Å². The predicted molar refractivity (Wildman–Crippen MR) is 91.2 cm³/mol. The van der Waals surface area contributed by atoms with Crippen LogP contribution in [-0.4, -0.2) is 39.1 Å². The second-order valence-corrected chi connectivity index (χ2v) is 7.04. The van der Waals surface area contributed by atoms with Crippen LogP contribution < -0.4 is 4.74 Å². The SMILES string of the molecule is Cc1noc(C)c1CC(=O)N1C2CCC1CC(Oc1ccccn1)C2. The third kappa shape index (κ3) is 3.13. The van der Waals surface area contributed by atoms with Crippen LogP contribution in [0.25, 0.3) is 0 Å². The van der Waals surface area contributed by atoms with Crippen molar-refractivity contribution in [1.29, 1.82) is 0 Å². The van der Waals surface area contributed by atoms with Gasteiger partial charge in [-0.05, 0) is 32.8 Å². The Balaban J connectivity index is 1.43. The number of aryl methyl sites for hydroxylation is 2. The van der Waals surface area contributed by atoms with E-state index in [1.807, 2.05) is 32.0 Å². The molecule has 2 bridgehead atoms. The Hall–Kier alpha value is -2.37. The number of amides is 1. The molecule has 0 N–H and O–H groups in total. The van der Waals surface area contributed by atoms with Crippen molar-refractivity contribution in [3.63, 3.8) is 0 Å². The maximum atomic E-state index is 12.9. The number of fused-ring (bicyclic) bond motifs is 2. The van der Waals surface area contributed by atoms with Gasteiger partial charge in [0.15, 0.2) is 0 Å². The van der Waals surface area contributed by atoms with E-state index in [-0.39, 0.29) is 24.1 Å². The van der Waals surface area contributed by atoms with E-state index < -0.39 is 0 Å². The molecule has 0 aliphatic carbocycles. The number of ether oxygens (including phenoxy) is 1. The summed E-state index contributed by atoms with van der Waals surface area (Å²) in [6, 6.07) is 6.23. The zero-order valence-electron chi connectivity index (χ0n) is 14.6. The standard InChI is InChI=1S/C19H23N3O3/c1-12-17(13(2)25-21-12)11-19(23)22-14-6-7-15(22)10-16(9-14)24-18-5-3-4-8-20-18/h3-5,8,14-16H,6-7,9-11H2,1-2H3. The van der Waals surface area contributed by atoms with E-state index in [2.05, 4.69) is 15.0 Å². The molecule has 25 heavy (non-hydrogen) atoms. The van der Waals surface area contributed by atoms with E-state index in [0.29, 0.717) is 12.3 Å². The van der Waals surface area contributed by atoms with E-state index in [0.717, 1.165) is 42.7 Å². The Bertz CT molecular complexity index is 725. The quantitative estimate of drug-likeness (QED) is 0.855. The molecule has 6 nitrogen and oxygen atoms in total. The van der Waals surface area contributed by atoms with Crippen molar-refractivity contribution >= 4 is 5.91 Å². The number of carbonyl (C=O) groups is 1. The second-order valence-electron chi connectivity index (χ2n) is 7.04. The van der Waals surface area contributed by atoms with Gasteiger partial charge in [-0.15, -0.1) is 0 Å². The Morgan fingerprint density at radius 3 is 2.64 bits per heavy atom. The first kappa shape index (κ1) is 16.1. The van der Waals surface area contributed by atoms with Crippen LogP contribution in [0.5, 0.6) is 5.88 Å². The van der Waals surface area contributed by atoms with Crippen LogP contribution >= 0.6 is 0 Å². The van der Waals surface area contributed by atoms with E-state index >= 15 is 0 Å². The molecule has 1 amide bonds. The lowest BCUT2D eigenvalue weighted by Gasteiger charge is -2.38. The zero-order valence-corrected chi connectivity index (χ0v) is 14.6. The summed E-state index contributed by atoms with van der Waals surface area (Å²) in [5, 5.41) is 3.95. The van der Waals surface area contributed by atoms with Gasteiger partial charge < -0.3 is 14.2 Å². The third-order valence-corrected chi connectivity index (χ3v) is 5.41. The lowest BCUT2D eigenvalue weighted by Crippen LogP contribution is -2.49. The van der Waals surface area contributed by atoms with E-state index in [1.54, 1.807) is 6.20 Å². The molecule has 2 atom stereocenters. The Labute approximate surface area is 147 Å². The largest absolute Gasteiger partial charge is 0.474 e. The van der Waals surface area contributed by atoms with Crippen LogP contribution in [0.4, 0.5) is 0 Å². The van der Waals surface area contributed by atoms with E-state index in [9.17, 15) is 4.79 Å². The molecular formula is C19H23N3O3. The van der Waals surface area contributed by atoms with E-state index in [4.69, 9.17) is 9.26 Å². The normalized spacial score (nSPS) is 25.2. The van der Waals surface area contributed by atoms with Crippen molar-refractivity contribution in [2.24, 2.45) is 0 Å². The average molecular weight is 341 g/mol. The van der Waals surface area contributed by atoms with Crippen molar-refractivity contribution in [3.8, 4) is 5.88 Å². The number of hydrogen-bond donors (Lipinski definition) is 0. The van der Waals surface area contributed by atoms with Crippen LogP contribution in [0.1, 0.15) is 42.7 Å². The monoisotopic (exact) mass is 341 g/mol. The number of pyridine rings is 1. The van der Waals surface area contributed by atoms with Crippen LogP contribution in [0.15, 0.2) is 28.9 Å². The molecule has 4 rings (SSSR count). The number of piperidine rings is 1. The molecular weight excluding hydrogens is 318 g/mol. The highest BCUT2D eigenvalue weighted by Crippen LogP contribution is 2.37. The molecule has 4 heterocycles. The van der Waals surface area contributed by atoms with Crippen LogP contribution in [0, 0.1) is 13.8 Å². The zero-order chi connectivity index (χ0) is 17.4. The predicted octanol–water partition coefficient (Wildman–Crippen LogP) is 2.83. The lowest BCUT2D eigenvalue weighted by molar-refractivity contribution is -0.136. The topological polar surface area (TPSA) is 68.5 Å². The first-order valence-electron chi connectivity index (χ1n) is 8.92. The molecule has 0 spiro atoms. The highest BCUT2D eigenvalue weighted by atomic mass is 16.5. The van der Waals surface area contributed by atoms with Gasteiger partial charge in [-0.3, -0.25) is 4.79 Å². The summed E-state index contributed by atoms with van der Waals surface area (Å²) in [7, 11) is 0. The number of rotatable bonds is 4. The fourth-order valence-corrected chi connectivity index (χ4v) is 4.21. The summed E-state index contributed by atoms with van der Waals surface area (Å²) < 4.78 is 11.2. The molecule has 2 saturated heterocycles. The second kappa shape index (κ2) is 6.50. The highest BCUT2D eigenvalue weighted by Gasteiger charge is 2.44. The van der Waals surface area contributed by atoms with Crippen LogP contribution in [0.2, 0.25) is 0 Å². The summed E-state index contributed by atoms with van der Waals surface area (Å²) in [6.45, 7) is 3.75. The van der Waals surface area contributed by atoms with Gasteiger partial charge in [0, 0.05) is 42.8 Å². The molecule has 2 aliphatic rings. The molecule has 0 radical (unpaired) electrons. The summed E-state index contributed by atoms with van der Waals surface area (Å²) >= 11 is 0. The summed E-state index contributed by atoms with van der Waals surface area (Å²) in [4.78, 5) is 19.2. The minimum atomic E-state index is 0.135. The van der Waals surface area contributed by atoms with Crippen molar-refractivity contribution in [2.75, 3.05) is 0 Å².